The van der Waals surface area contributed by atoms with Crippen LogP contribution in [0.25, 0.3) is 0 Å². The Morgan fingerprint density at radius 3 is 2.13 bits per heavy atom. The standard InChI is InChI=1S/C18H27F2NO2/c1-18(2,3)21-7-5-13(6-8-21)17-15(19)11-14(12-16(17)20)23-10-9-22-4/h11-13H,5-10H2,1-4H3. The Labute approximate surface area is 137 Å². The molecule has 0 saturated carbocycles. The molecule has 0 amide bonds. The van der Waals surface area contributed by atoms with E-state index in [0.29, 0.717) is 6.61 Å². The third-order valence-electron chi connectivity index (χ3n) is 4.46. The first kappa shape index (κ1) is 18.1. The molecule has 0 unspecified atom stereocenters. The summed E-state index contributed by atoms with van der Waals surface area (Å²) in [5, 5.41) is 0. The zero-order chi connectivity index (χ0) is 17.0. The van der Waals surface area contributed by atoms with Gasteiger partial charge < -0.3 is 9.47 Å². The highest BCUT2D eigenvalue weighted by Gasteiger charge is 2.30. The van der Waals surface area contributed by atoms with E-state index in [2.05, 4.69) is 25.7 Å². The largest absolute Gasteiger partial charge is 0.491 e. The van der Waals surface area contributed by atoms with Gasteiger partial charge in [0.25, 0.3) is 0 Å². The van der Waals surface area contributed by atoms with E-state index in [9.17, 15) is 8.78 Å². The Morgan fingerprint density at radius 2 is 1.65 bits per heavy atom. The van der Waals surface area contributed by atoms with E-state index in [1.54, 1.807) is 7.11 Å². The quantitative estimate of drug-likeness (QED) is 0.764. The minimum absolute atomic E-state index is 0.0679. The van der Waals surface area contributed by atoms with Gasteiger partial charge in [-0.25, -0.2) is 8.78 Å². The Kier molecular flexibility index (Phi) is 5.98. The molecular weight excluding hydrogens is 300 g/mol. The van der Waals surface area contributed by atoms with E-state index in [0.717, 1.165) is 25.9 Å². The molecule has 1 aromatic carbocycles. The van der Waals surface area contributed by atoms with Gasteiger partial charge in [-0.1, -0.05) is 0 Å². The lowest BCUT2D eigenvalue weighted by Gasteiger charge is -2.41. The molecule has 0 aromatic heterocycles. The van der Waals surface area contributed by atoms with Gasteiger partial charge in [-0.2, -0.15) is 0 Å². The first-order chi connectivity index (χ1) is 10.8. The van der Waals surface area contributed by atoms with Crippen LogP contribution in [0.2, 0.25) is 0 Å². The van der Waals surface area contributed by atoms with Gasteiger partial charge in [0, 0.05) is 30.3 Å². The zero-order valence-electron chi connectivity index (χ0n) is 14.5. The van der Waals surface area contributed by atoms with Crippen LogP contribution in [-0.2, 0) is 4.74 Å². The molecular formula is C18H27F2NO2. The van der Waals surface area contributed by atoms with Gasteiger partial charge in [0.2, 0.25) is 0 Å². The summed E-state index contributed by atoms with van der Waals surface area (Å²) in [5.41, 5.74) is 0.304. The van der Waals surface area contributed by atoms with Crippen LogP contribution in [0.1, 0.15) is 45.1 Å². The van der Waals surface area contributed by atoms with Crippen molar-refractivity contribution in [3.63, 3.8) is 0 Å². The smallest absolute Gasteiger partial charge is 0.133 e. The highest BCUT2D eigenvalue weighted by molar-refractivity contribution is 5.33. The molecule has 1 fully saturated rings. The first-order valence-electron chi connectivity index (χ1n) is 8.18. The van der Waals surface area contributed by atoms with Gasteiger partial charge in [0.05, 0.1) is 6.61 Å². The summed E-state index contributed by atoms with van der Waals surface area (Å²) in [6.45, 7) is 8.88. The number of halogens is 2. The third kappa shape index (κ3) is 4.64. The normalized spacial score (nSPS) is 17.5. The summed E-state index contributed by atoms with van der Waals surface area (Å²) in [5.74, 6) is -0.868. The van der Waals surface area contributed by atoms with Crippen LogP contribution in [0.15, 0.2) is 12.1 Å². The van der Waals surface area contributed by atoms with Crippen molar-refractivity contribution in [3.8, 4) is 5.75 Å². The van der Waals surface area contributed by atoms with Crippen LogP contribution < -0.4 is 4.74 Å². The average Bonchev–Trinajstić information content (AvgIpc) is 2.46. The van der Waals surface area contributed by atoms with Crippen molar-refractivity contribution in [1.82, 2.24) is 4.90 Å². The maximum atomic E-state index is 14.4. The molecule has 1 saturated heterocycles. The second-order valence-corrected chi connectivity index (χ2v) is 7.07. The van der Waals surface area contributed by atoms with Crippen molar-refractivity contribution in [2.45, 2.75) is 45.1 Å². The molecule has 0 spiro atoms. The van der Waals surface area contributed by atoms with Crippen molar-refractivity contribution in [3.05, 3.63) is 29.3 Å². The van der Waals surface area contributed by atoms with Crippen molar-refractivity contribution < 1.29 is 18.3 Å². The Bertz CT molecular complexity index is 497. The predicted molar refractivity (Wildman–Crippen MR) is 87.0 cm³/mol. The maximum absolute atomic E-state index is 14.4. The summed E-state index contributed by atoms with van der Waals surface area (Å²) in [6.07, 6.45) is 1.55. The minimum Gasteiger partial charge on any atom is -0.491 e. The first-order valence-corrected chi connectivity index (χ1v) is 8.18. The Morgan fingerprint density at radius 1 is 1.09 bits per heavy atom. The lowest BCUT2D eigenvalue weighted by Crippen LogP contribution is -2.45. The lowest BCUT2D eigenvalue weighted by molar-refractivity contribution is 0.101. The van der Waals surface area contributed by atoms with Crippen molar-refractivity contribution in [1.29, 1.82) is 0 Å². The van der Waals surface area contributed by atoms with E-state index in [1.165, 1.54) is 12.1 Å². The number of rotatable bonds is 5. The number of methoxy groups -OCH3 is 1. The number of likely N-dealkylation sites (tertiary alicyclic amines) is 1. The number of benzene rings is 1. The SMILES string of the molecule is COCCOc1cc(F)c(C2CCN(C(C)(C)C)CC2)c(F)c1. The second kappa shape index (κ2) is 7.58. The fraction of sp³-hybridized carbons (Fsp3) is 0.667. The van der Waals surface area contributed by atoms with E-state index in [4.69, 9.17) is 9.47 Å². The molecule has 130 valence electrons. The molecule has 3 nitrogen and oxygen atoms in total. The number of hydrogen-bond acceptors (Lipinski definition) is 3. The third-order valence-corrected chi connectivity index (χ3v) is 4.46. The highest BCUT2D eigenvalue weighted by Crippen LogP contribution is 2.35. The Hall–Kier alpha value is -1.20. The molecule has 1 heterocycles. The maximum Gasteiger partial charge on any atom is 0.133 e. The van der Waals surface area contributed by atoms with Crippen molar-refractivity contribution >= 4 is 0 Å². The highest BCUT2D eigenvalue weighted by atomic mass is 19.1. The van der Waals surface area contributed by atoms with E-state index < -0.39 is 11.6 Å². The number of piperidine rings is 1. The van der Waals surface area contributed by atoms with Gasteiger partial charge in [0.15, 0.2) is 0 Å². The van der Waals surface area contributed by atoms with E-state index in [1.807, 2.05) is 0 Å². The molecule has 1 aliphatic rings. The second-order valence-electron chi connectivity index (χ2n) is 7.07. The summed E-state index contributed by atoms with van der Waals surface area (Å²) in [7, 11) is 1.55. The molecule has 1 aliphatic heterocycles. The molecule has 5 heteroatoms. The van der Waals surface area contributed by atoms with Crippen LogP contribution >= 0.6 is 0 Å². The zero-order valence-corrected chi connectivity index (χ0v) is 14.5. The van der Waals surface area contributed by atoms with E-state index >= 15 is 0 Å². The van der Waals surface area contributed by atoms with Gasteiger partial charge in [-0.15, -0.1) is 0 Å². The van der Waals surface area contributed by atoms with Gasteiger partial charge in [-0.3, -0.25) is 4.90 Å². The van der Waals surface area contributed by atoms with Crippen LogP contribution in [0, 0.1) is 11.6 Å². The summed E-state index contributed by atoms with van der Waals surface area (Å²) < 4.78 is 38.9. The summed E-state index contributed by atoms with van der Waals surface area (Å²) in [4.78, 5) is 2.36. The van der Waals surface area contributed by atoms with E-state index in [-0.39, 0.29) is 29.4 Å². The monoisotopic (exact) mass is 327 g/mol. The van der Waals surface area contributed by atoms with Gasteiger partial charge >= 0.3 is 0 Å². The number of hydrogen-bond donors (Lipinski definition) is 0. The fourth-order valence-electron chi connectivity index (χ4n) is 3.12. The van der Waals surface area contributed by atoms with Crippen LogP contribution in [0.4, 0.5) is 8.78 Å². The molecule has 0 radical (unpaired) electrons. The molecule has 23 heavy (non-hydrogen) atoms. The van der Waals surface area contributed by atoms with Crippen molar-refractivity contribution in [2.24, 2.45) is 0 Å². The molecule has 1 aromatic rings. The minimum atomic E-state index is -0.508. The lowest BCUT2D eigenvalue weighted by atomic mass is 9.87. The molecule has 0 bridgehead atoms. The molecule has 0 N–H and O–H groups in total. The van der Waals surface area contributed by atoms with Gasteiger partial charge in [-0.05, 0) is 52.6 Å². The van der Waals surface area contributed by atoms with Crippen LogP contribution in [-0.4, -0.2) is 43.9 Å². The van der Waals surface area contributed by atoms with Gasteiger partial charge in [0.1, 0.15) is 24.0 Å². The fourth-order valence-corrected chi connectivity index (χ4v) is 3.12. The van der Waals surface area contributed by atoms with Crippen molar-refractivity contribution in [2.75, 3.05) is 33.4 Å². The molecule has 0 aliphatic carbocycles. The average molecular weight is 327 g/mol. The molecule has 2 rings (SSSR count). The van der Waals surface area contributed by atoms with Crippen LogP contribution in [0.3, 0.4) is 0 Å². The van der Waals surface area contributed by atoms with Crippen LogP contribution in [0.5, 0.6) is 5.75 Å². The number of nitrogens with zero attached hydrogens (tertiary/aromatic N) is 1. The molecule has 0 atom stereocenters. The topological polar surface area (TPSA) is 21.7 Å². The predicted octanol–water partition coefficient (Wildman–Crippen LogP) is 3.97. The summed E-state index contributed by atoms with van der Waals surface area (Å²) >= 11 is 0. The Balaban J connectivity index is 2.06. The summed E-state index contributed by atoms with van der Waals surface area (Å²) in [6, 6.07) is 2.56. The number of ether oxygens (including phenoxy) is 2.